The van der Waals surface area contributed by atoms with E-state index in [2.05, 4.69) is 28.7 Å². The highest BCUT2D eigenvalue weighted by Crippen LogP contribution is 2.40. The lowest BCUT2D eigenvalue weighted by atomic mass is 9.89. The van der Waals surface area contributed by atoms with Crippen molar-refractivity contribution < 1.29 is 9.32 Å². The lowest BCUT2D eigenvalue weighted by Crippen LogP contribution is -2.27. The van der Waals surface area contributed by atoms with Crippen LogP contribution in [0.1, 0.15) is 77.5 Å². The Balaban J connectivity index is 1.45. The number of carbonyl (C=O) groups excluding carboxylic acids is 1. The Morgan fingerprint density at radius 2 is 2.00 bits per heavy atom. The maximum atomic E-state index is 12.3. The number of nitrogens with one attached hydrogen (secondary N) is 1. The summed E-state index contributed by atoms with van der Waals surface area (Å²) in [7, 11) is 0. The van der Waals surface area contributed by atoms with Crippen LogP contribution >= 0.6 is 0 Å². The second kappa shape index (κ2) is 5.84. The number of hydrogen-bond acceptors (Lipinski definition) is 3. The standard InChI is InChI=1S/C19H22N2O2/c1-12(15-9-6-13-4-2-3-5-16(13)10-15)20-19(22)17-11-18(23-21-17)14-7-8-14/h6,9-12,14H,2-5,7-8H2,1H3,(H,20,22). The highest BCUT2D eigenvalue weighted by Gasteiger charge is 2.29. The number of rotatable bonds is 4. The number of nitrogens with zero attached hydrogens (tertiary/aromatic N) is 1. The molecule has 120 valence electrons. The SMILES string of the molecule is CC(NC(=O)c1cc(C2CC2)on1)c1ccc2c(c1)CCCC2. The summed E-state index contributed by atoms with van der Waals surface area (Å²) in [5.41, 5.74) is 4.44. The van der Waals surface area contributed by atoms with Crippen molar-refractivity contribution in [3.05, 3.63) is 52.4 Å². The molecular formula is C19H22N2O2. The van der Waals surface area contributed by atoms with Gasteiger partial charge in [-0.15, -0.1) is 0 Å². The first-order valence-electron chi connectivity index (χ1n) is 8.60. The molecule has 1 aromatic carbocycles. The topological polar surface area (TPSA) is 55.1 Å². The molecule has 2 aliphatic carbocycles. The number of aryl methyl sites for hydroxylation is 2. The van der Waals surface area contributed by atoms with Crippen LogP contribution in [0.4, 0.5) is 0 Å². The van der Waals surface area contributed by atoms with E-state index in [0.29, 0.717) is 11.6 Å². The van der Waals surface area contributed by atoms with E-state index in [-0.39, 0.29) is 11.9 Å². The summed E-state index contributed by atoms with van der Waals surface area (Å²) >= 11 is 0. The van der Waals surface area contributed by atoms with E-state index >= 15 is 0 Å². The van der Waals surface area contributed by atoms with E-state index < -0.39 is 0 Å². The number of carbonyl (C=O) groups is 1. The van der Waals surface area contributed by atoms with Gasteiger partial charge in [0.1, 0.15) is 5.76 Å². The maximum absolute atomic E-state index is 12.3. The zero-order valence-corrected chi connectivity index (χ0v) is 13.5. The molecule has 0 saturated heterocycles. The number of aromatic nitrogens is 1. The lowest BCUT2D eigenvalue weighted by Gasteiger charge is -2.19. The van der Waals surface area contributed by atoms with Crippen molar-refractivity contribution in [2.45, 2.75) is 57.4 Å². The summed E-state index contributed by atoms with van der Waals surface area (Å²) in [4.78, 5) is 12.3. The first-order valence-corrected chi connectivity index (χ1v) is 8.60. The van der Waals surface area contributed by atoms with Gasteiger partial charge in [0, 0.05) is 12.0 Å². The third-order valence-electron chi connectivity index (χ3n) is 4.96. The minimum atomic E-state index is -0.161. The fourth-order valence-corrected chi connectivity index (χ4v) is 3.33. The van der Waals surface area contributed by atoms with Gasteiger partial charge in [-0.2, -0.15) is 0 Å². The van der Waals surface area contributed by atoms with Crippen molar-refractivity contribution in [1.29, 1.82) is 0 Å². The normalized spacial score (nSPS) is 18.3. The molecule has 1 aromatic heterocycles. The fourth-order valence-electron chi connectivity index (χ4n) is 3.33. The van der Waals surface area contributed by atoms with Gasteiger partial charge in [0.15, 0.2) is 5.69 Å². The van der Waals surface area contributed by atoms with Gasteiger partial charge in [-0.05, 0) is 62.1 Å². The molecule has 4 rings (SSSR count). The molecule has 23 heavy (non-hydrogen) atoms. The minimum Gasteiger partial charge on any atom is -0.360 e. The van der Waals surface area contributed by atoms with Crippen LogP contribution in [0.2, 0.25) is 0 Å². The molecule has 2 aromatic rings. The van der Waals surface area contributed by atoms with Crippen LogP contribution in [0.25, 0.3) is 0 Å². The van der Waals surface area contributed by atoms with Crippen LogP contribution in [0.15, 0.2) is 28.8 Å². The number of hydrogen-bond donors (Lipinski definition) is 1. The number of amides is 1. The van der Waals surface area contributed by atoms with Crippen molar-refractivity contribution in [3.8, 4) is 0 Å². The Bertz CT molecular complexity index is 731. The van der Waals surface area contributed by atoms with E-state index in [1.807, 2.05) is 6.92 Å². The summed E-state index contributed by atoms with van der Waals surface area (Å²) in [5.74, 6) is 1.16. The second-order valence-corrected chi connectivity index (χ2v) is 6.82. The van der Waals surface area contributed by atoms with Crippen LogP contribution in [0.3, 0.4) is 0 Å². The lowest BCUT2D eigenvalue weighted by molar-refractivity contribution is 0.0930. The van der Waals surface area contributed by atoms with Gasteiger partial charge >= 0.3 is 0 Å². The molecular weight excluding hydrogens is 288 g/mol. The minimum absolute atomic E-state index is 0.0317. The Labute approximate surface area is 136 Å². The monoisotopic (exact) mass is 310 g/mol. The highest BCUT2D eigenvalue weighted by atomic mass is 16.5. The predicted octanol–water partition coefficient (Wildman–Crippen LogP) is 3.92. The molecule has 1 unspecified atom stereocenters. The maximum Gasteiger partial charge on any atom is 0.273 e. The summed E-state index contributed by atoms with van der Waals surface area (Å²) in [5, 5.41) is 6.94. The van der Waals surface area contributed by atoms with Crippen molar-refractivity contribution in [2.24, 2.45) is 0 Å². The van der Waals surface area contributed by atoms with Gasteiger partial charge < -0.3 is 9.84 Å². The molecule has 1 atom stereocenters. The van der Waals surface area contributed by atoms with Gasteiger partial charge in [-0.3, -0.25) is 4.79 Å². The number of benzene rings is 1. The summed E-state index contributed by atoms with van der Waals surface area (Å²) < 4.78 is 5.26. The van der Waals surface area contributed by atoms with Gasteiger partial charge in [0.05, 0.1) is 6.04 Å². The summed E-state index contributed by atoms with van der Waals surface area (Å²) in [6.45, 7) is 2.02. The van der Waals surface area contributed by atoms with Crippen LogP contribution in [0, 0.1) is 0 Å². The molecule has 4 nitrogen and oxygen atoms in total. The zero-order chi connectivity index (χ0) is 15.8. The average molecular weight is 310 g/mol. The molecule has 4 heteroatoms. The smallest absolute Gasteiger partial charge is 0.273 e. The predicted molar refractivity (Wildman–Crippen MR) is 87.4 cm³/mol. The third kappa shape index (κ3) is 3.03. The van der Waals surface area contributed by atoms with Crippen molar-refractivity contribution in [3.63, 3.8) is 0 Å². The molecule has 0 spiro atoms. The largest absolute Gasteiger partial charge is 0.360 e. The molecule has 0 aliphatic heterocycles. The average Bonchev–Trinajstić information content (AvgIpc) is 3.31. The van der Waals surface area contributed by atoms with E-state index in [1.165, 1.54) is 30.4 Å². The molecule has 1 amide bonds. The van der Waals surface area contributed by atoms with Gasteiger partial charge in [-0.1, -0.05) is 23.4 Å². The van der Waals surface area contributed by atoms with Gasteiger partial charge in [0.25, 0.3) is 5.91 Å². The number of fused-ring (bicyclic) bond motifs is 1. The molecule has 1 fully saturated rings. The summed E-state index contributed by atoms with van der Waals surface area (Å²) in [6.07, 6.45) is 7.16. The van der Waals surface area contributed by atoms with E-state index in [0.717, 1.165) is 30.6 Å². The fraction of sp³-hybridized carbons (Fsp3) is 0.474. The highest BCUT2D eigenvalue weighted by molar-refractivity contribution is 5.92. The molecule has 1 N–H and O–H groups in total. The quantitative estimate of drug-likeness (QED) is 0.931. The van der Waals surface area contributed by atoms with E-state index in [4.69, 9.17) is 4.52 Å². The van der Waals surface area contributed by atoms with Crippen molar-refractivity contribution in [2.75, 3.05) is 0 Å². The second-order valence-electron chi connectivity index (χ2n) is 6.82. The van der Waals surface area contributed by atoms with Crippen molar-refractivity contribution in [1.82, 2.24) is 10.5 Å². The third-order valence-corrected chi connectivity index (χ3v) is 4.96. The molecule has 0 radical (unpaired) electrons. The van der Waals surface area contributed by atoms with Crippen LogP contribution in [0.5, 0.6) is 0 Å². The zero-order valence-electron chi connectivity index (χ0n) is 13.5. The van der Waals surface area contributed by atoms with Gasteiger partial charge in [0.2, 0.25) is 0 Å². The van der Waals surface area contributed by atoms with Crippen molar-refractivity contribution >= 4 is 5.91 Å². The van der Waals surface area contributed by atoms with E-state index in [1.54, 1.807) is 6.07 Å². The molecule has 2 aliphatic rings. The van der Waals surface area contributed by atoms with Crippen LogP contribution < -0.4 is 5.32 Å². The molecule has 0 bridgehead atoms. The van der Waals surface area contributed by atoms with Crippen LogP contribution in [-0.2, 0) is 12.8 Å². The Morgan fingerprint density at radius 3 is 2.78 bits per heavy atom. The Kier molecular flexibility index (Phi) is 3.68. The van der Waals surface area contributed by atoms with E-state index in [9.17, 15) is 4.79 Å². The first-order chi connectivity index (χ1) is 11.2. The first kappa shape index (κ1) is 14.5. The van der Waals surface area contributed by atoms with Crippen LogP contribution in [-0.4, -0.2) is 11.1 Å². The Hall–Kier alpha value is -2.10. The Morgan fingerprint density at radius 1 is 1.22 bits per heavy atom. The molecule has 1 saturated carbocycles. The molecule has 1 heterocycles. The van der Waals surface area contributed by atoms with Gasteiger partial charge in [-0.25, -0.2) is 0 Å². The summed E-state index contributed by atoms with van der Waals surface area (Å²) in [6, 6.07) is 8.35.